The molecule has 0 heterocycles. The number of rotatable bonds is 14. The van der Waals surface area contributed by atoms with Crippen LogP contribution in [0.2, 0.25) is 0 Å². The molecule has 0 aliphatic heterocycles. The van der Waals surface area contributed by atoms with E-state index >= 15 is 0 Å². The molecule has 0 rings (SSSR count). The highest BCUT2D eigenvalue weighted by atomic mass is 16.4. The van der Waals surface area contributed by atoms with Gasteiger partial charge in [0.2, 0.25) is 0 Å². The number of carbonyl (C=O) groups is 1. The van der Waals surface area contributed by atoms with Gasteiger partial charge in [-0.05, 0) is 51.4 Å². The van der Waals surface area contributed by atoms with Crippen LogP contribution in [0.3, 0.4) is 0 Å². The molecule has 0 aromatic rings. The van der Waals surface area contributed by atoms with E-state index in [9.17, 15) is 4.79 Å². The number of allylic oxidation sites excluding steroid dienone is 4. The van der Waals surface area contributed by atoms with Crippen LogP contribution in [0, 0.1) is 0 Å². The average molecular weight is 280 g/mol. The van der Waals surface area contributed by atoms with Crippen molar-refractivity contribution in [3.63, 3.8) is 0 Å². The number of hydrogen-bond donors (Lipinski definition) is 1. The van der Waals surface area contributed by atoms with E-state index in [1.54, 1.807) is 0 Å². The number of aliphatic carboxylic acids is 1. The molecule has 2 heteroatoms. The van der Waals surface area contributed by atoms with Crippen molar-refractivity contribution in [2.75, 3.05) is 0 Å². The molecular weight excluding hydrogens is 248 g/mol. The Kier molecular flexibility index (Phi) is 15.2. The van der Waals surface area contributed by atoms with E-state index in [4.69, 9.17) is 5.11 Å². The molecule has 0 unspecified atom stereocenters. The van der Waals surface area contributed by atoms with Crippen LogP contribution in [0.4, 0.5) is 0 Å². The van der Waals surface area contributed by atoms with E-state index in [0.29, 0.717) is 0 Å². The van der Waals surface area contributed by atoms with Crippen molar-refractivity contribution >= 4 is 5.97 Å². The van der Waals surface area contributed by atoms with Crippen LogP contribution in [0.25, 0.3) is 0 Å². The lowest BCUT2D eigenvalue weighted by atomic mass is 10.1. The summed E-state index contributed by atoms with van der Waals surface area (Å²) in [5.74, 6) is -0.693. The maximum absolute atomic E-state index is 10.3. The van der Waals surface area contributed by atoms with Gasteiger partial charge < -0.3 is 5.11 Å². The maximum Gasteiger partial charge on any atom is 0.303 e. The molecule has 0 atom stereocenters. The van der Waals surface area contributed by atoms with E-state index in [1.807, 2.05) is 0 Å². The molecule has 0 saturated carbocycles. The lowest BCUT2D eigenvalue weighted by Gasteiger charge is -1.96. The Morgan fingerprint density at radius 3 is 1.65 bits per heavy atom. The molecule has 20 heavy (non-hydrogen) atoms. The van der Waals surface area contributed by atoms with Crippen LogP contribution in [0.5, 0.6) is 0 Å². The SMILES string of the molecule is CCCCCC=CCCCCCC=CCCCC(=O)O. The Balaban J connectivity index is 3.16. The average Bonchev–Trinajstić information content (AvgIpc) is 2.43. The second kappa shape index (κ2) is 16.0. The summed E-state index contributed by atoms with van der Waals surface area (Å²) in [4.78, 5) is 10.3. The fourth-order valence-electron chi connectivity index (χ4n) is 2.06. The Morgan fingerprint density at radius 1 is 0.750 bits per heavy atom. The highest BCUT2D eigenvalue weighted by Crippen LogP contribution is 2.07. The third-order valence-electron chi connectivity index (χ3n) is 3.31. The molecule has 0 bridgehead atoms. The standard InChI is InChI=1S/C18H32O2/c1-2-3-4-5-6-7-8-9-10-11-12-13-14-15-16-17-18(19)20/h6-7,13-14H,2-5,8-12,15-17H2,1H3,(H,19,20). The fourth-order valence-corrected chi connectivity index (χ4v) is 2.06. The Bertz CT molecular complexity index is 267. The zero-order valence-electron chi connectivity index (χ0n) is 13.2. The number of unbranched alkanes of at least 4 members (excludes halogenated alkanes) is 8. The van der Waals surface area contributed by atoms with Crippen LogP contribution in [0.15, 0.2) is 24.3 Å². The van der Waals surface area contributed by atoms with Gasteiger partial charge in [-0.3, -0.25) is 4.79 Å². The van der Waals surface area contributed by atoms with E-state index < -0.39 is 5.97 Å². The van der Waals surface area contributed by atoms with Crippen molar-refractivity contribution in [1.29, 1.82) is 0 Å². The van der Waals surface area contributed by atoms with E-state index in [-0.39, 0.29) is 6.42 Å². The summed E-state index contributed by atoms with van der Waals surface area (Å²) in [6.45, 7) is 2.24. The highest BCUT2D eigenvalue weighted by molar-refractivity contribution is 5.66. The zero-order valence-corrected chi connectivity index (χ0v) is 13.2. The van der Waals surface area contributed by atoms with Crippen molar-refractivity contribution < 1.29 is 9.90 Å². The summed E-state index contributed by atoms with van der Waals surface area (Å²) in [6.07, 6.45) is 22.3. The monoisotopic (exact) mass is 280 g/mol. The lowest BCUT2D eigenvalue weighted by molar-refractivity contribution is -0.137. The minimum Gasteiger partial charge on any atom is -0.481 e. The number of carboxylic acids is 1. The normalized spacial score (nSPS) is 11.7. The molecule has 0 saturated heterocycles. The third-order valence-corrected chi connectivity index (χ3v) is 3.31. The van der Waals surface area contributed by atoms with Gasteiger partial charge in [0.25, 0.3) is 0 Å². The predicted molar refractivity (Wildman–Crippen MR) is 87.0 cm³/mol. The quantitative estimate of drug-likeness (QED) is 0.318. The van der Waals surface area contributed by atoms with Gasteiger partial charge in [0.15, 0.2) is 0 Å². The van der Waals surface area contributed by atoms with Gasteiger partial charge in [-0.2, -0.15) is 0 Å². The lowest BCUT2D eigenvalue weighted by Crippen LogP contribution is -1.92. The van der Waals surface area contributed by atoms with Gasteiger partial charge in [-0.15, -0.1) is 0 Å². The second-order valence-corrected chi connectivity index (χ2v) is 5.36. The van der Waals surface area contributed by atoms with Gasteiger partial charge >= 0.3 is 5.97 Å². The Labute approximate surface area is 125 Å². The van der Waals surface area contributed by atoms with Gasteiger partial charge in [-0.25, -0.2) is 0 Å². The molecule has 116 valence electrons. The van der Waals surface area contributed by atoms with Gasteiger partial charge in [0, 0.05) is 6.42 Å². The molecule has 0 amide bonds. The van der Waals surface area contributed by atoms with Crippen LogP contribution in [-0.4, -0.2) is 11.1 Å². The number of carboxylic acid groups (broad SMARTS) is 1. The molecular formula is C18H32O2. The molecule has 2 nitrogen and oxygen atoms in total. The predicted octanol–water partition coefficient (Wildman–Crippen LogP) is 5.88. The molecule has 0 aromatic heterocycles. The van der Waals surface area contributed by atoms with Crippen LogP contribution < -0.4 is 0 Å². The van der Waals surface area contributed by atoms with E-state index in [2.05, 4.69) is 31.2 Å². The minimum atomic E-state index is -0.693. The summed E-state index contributed by atoms with van der Waals surface area (Å²) in [5, 5.41) is 8.49. The van der Waals surface area contributed by atoms with Crippen molar-refractivity contribution in [3.05, 3.63) is 24.3 Å². The molecule has 0 aliphatic carbocycles. The second-order valence-electron chi connectivity index (χ2n) is 5.36. The largest absolute Gasteiger partial charge is 0.481 e. The van der Waals surface area contributed by atoms with Gasteiger partial charge in [-0.1, -0.05) is 50.5 Å². The summed E-state index contributed by atoms with van der Waals surface area (Å²) in [5.41, 5.74) is 0. The topological polar surface area (TPSA) is 37.3 Å². The van der Waals surface area contributed by atoms with Crippen molar-refractivity contribution in [2.24, 2.45) is 0 Å². The number of hydrogen-bond acceptors (Lipinski definition) is 1. The van der Waals surface area contributed by atoms with E-state index in [1.165, 1.54) is 51.4 Å². The smallest absolute Gasteiger partial charge is 0.303 e. The first kappa shape index (κ1) is 18.9. The first-order chi connectivity index (χ1) is 9.77. The maximum atomic E-state index is 10.3. The van der Waals surface area contributed by atoms with Crippen LogP contribution >= 0.6 is 0 Å². The fraction of sp³-hybridized carbons (Fsp3) is 0.722. The van der Waals surface area contributed by atoms with Gasteiger partial charge in [0.05, 0.1) is 0 Å². The summed E-state index contributed by atoms with van der Waals surface area (Å²) >= 11 is 0. The Morgan fingerprint density at radius 2 is 1.20 bits per heavy atom. The summed E-state index contributed by atoms with van der Waals surface area (Å²) in [7, 11) is 0. The molecule has 0 aliphatic rings. The molecule has 1 N–H and O–H groups in total. The molecule has 0 aromatic carbocycles. The van der Waals surface area contributed by atoms with Crippen LogP contribution in [-0.2, 0) is 4.79 Å². The van der Waals surface area contributed by atoms with Crippen molar-refractivity contribution in [2.45, 2.75) is 84.0 Å². The van der Waals surface area contributed by atoms with Crippen molar-refractivity contribution in [3.8, 4) is 0 Å². The first-order valence-corrected chi connectivity index (χ1v) is 8.29. The summed E-state index contributed by atoms with van der Waals surface area (Å²) < 4.78 is 0. The van der Waals surface area contributed by atoms with Crippen LogP contribution in [0.1, 0.15) is 84.0 Å². The zero-order chi connectivity index (χ0) is 14.9. The minimum absolute atomic E-state index is 0.287. The first-order valence-electron chi connectivity index (χ1n) is 8.29. The van der Waals surface area contributed by atoms with Crippen molar-refractivity contribution in [1.82, 2.24) is 0 Å². The molecule has 0 spiro atoms. The summed E-state index contributed by atoms with van der Waals surface area (Å²) in [6, 6.07) is 0. The molecule has 0 fully saturated rings. The van der Waals surface area contributed by atoms with E-state index in [0.717, 1.165) is 19.3 Å². The third kappa shape index (κ3) is 16.9. The molecule has 0 radical (unpaired) electrons. The highest BCUT2D eigenvalue weighted by Gasteiger charge is 1.93. The van der Waals surface area contributed by atoms with Gasteiger partial charge in [0.1, 0.15) is 0 Å². The Hall–Kier alpha value is -1.05.